The summed E-state index contributed by atoms with van der Waals surface area (Å²) in [6, 6.07) is 20.8. The highest BCUT2D eigenvalue weighted by Gasteiger charge is 2.27. The molecule has 35 heavy (non-hydrogen) atoms. The first-order valence-electron chi connectivity index (χ1n) is 11.1. The van der Waals surface area contributed by atoms with Crippen molar-refractivity contribution in [1.82, 2.24) is 14.8 Å². The molecule has 2 aliphatic heterocycles. The molecule has 3 heterocycles. The van der Waals surface area contributed by atoms with Gasteiger partial charge >= 0.3 is 0 Å². The van der Waals surface area contributed by atoms with Crippen LogP contribution in [0.25, 0.3) is 17.1 Å². The van der Waals surface area contributed by atoms with Crippen LogP contribution in [0, 0.1) is 0 Å². The minimum absolute atomic E-state index is 0.0448. The molecule has 1 unspecified atom stereocenters. The second-order valence-corrected chi connectivity index (χ2v) is 9.21. The monoisotopic (exact) mass is 484 g/mol. The van der Waals surface area contributed by atoms with Gasteiger partial charge < -0.3 is 14.8 Å². The molecule has 0 bridgehead atoms. The summed E-state index contributed by atoms with van der Waals surface area (Å²) in [5.74, 6) is 1.81. The number of benzene rings is 3. The Morgan fingerprint density at radius 1 is 1.06 bits per heavy atom. The molecule has 3 aromatic carbocycles. The van der Waals surface area contributed by atoms with Gasteiger partial charge in [0.2, 0.25) is 12.7 Å². The minimum atomic E-state index is -0.268. The van der Waals surface area contributed by atoms with Gasteiger partial charge in [-0.3, -0.25) is 14.2 Å². The van der Waals surface area contributed by atoms with Gasteiger partial charge in [-0.05, 0) is 61.0 Å². The fraction of sp³-hybridized carbons (Fsp3) is 0.154. The number of carbonyl (C=O) groups excluding carboxylic acids is 2. The highest BCUT2D eigenvalue weighted by molar-refractivity contribution is 7.99. The molecule has 4 aromatic rings. The molecule has 0 saturated heterocycles. The molecule has 2 aliphatic rings. The third-order valence-electron chi connectivity index (χ3n) is 6.10. The predicted octanol–water partition coefficient (Wildman–Crippen LogP) is 4.69. The van der Waals surface area contributed by atoms with Crippen molar-refractivity contribution in [2.45, 2.75) is 18.0 Å². The summed E-state index contributed by atoms with van der Waals surface area (Å²) >= 11 is 1.32. The van der Waals surface area contributed by atoms with E-state index in [9.17, 15) is 9.59 Å². The molecule has 174 valence electrons. The van der Waals surface area contributed by atoms with Crippen molar-refractivity contribution < 1.29 is 19.1 Å². The van der Waals surface area contributed by atoms with E-state index in [0.717, 1.165) is 22.5 Å². The third kappa shape index (κ3) is 3.83. The zero-order valence-corrected chi connectivity index (χ0v) is 19.5. The standard InChI is InChI=1S/C26H20N4O4S/c1-15-19-11-16(7-9-20(19)27-25(15)32)21(31)13-35-26-29-28-24(30(26)18-5-3-2-4-6-18)17-8-10-22-23(12-17)34-14-33-22/h2-12,15H,13-14H2,1H3,(H,27,32). The second kappa shape index (κ2) is 8.59. The molecule has 9 heteroatoms. The average Bonchev–Trinajstić information content (AvgIpc) is 3.60. The number of nitrogens with zero attached hydrogens (tertiary/aromatic N) is 3. The molecule has 1 atom stereocenters. The van der Waals surface area contributed by atoms with Crippen molar-refractivity contribution in [1.29, 1.82) is 0 Å². The normalized spacial score (nSPS) is 15.7. The molecule has 0 saturated carbocycles. The van der Waals surface area contributed by atoms with E-state index in [4.69, 9.17) is 9.47 Å². The van der Waals surface area contributed by atoms with E-state index < -0.39 is 0 Å². The van der Waals surface area contributed by atoms with Crippen LogP contribution in [-0.2, 0) is 4.79 Å². The van der Waals surface area contributed by atoms with Crippen molar-refractivity contribution in [3.63, 3.8) is 0 Å². The van der Waals surface area contributed by atoms with Gasteiger partial charge in [-0.1, -0.05) is 30.0 Å². The lowest BCUT2D eigenvalue weighted by Crippen LogP contribution is -2.08. The maximum atomic E-state index is 13.0. The molecule has 1 aromatic heterocycles. The number of fused-ring (bicyclic) bond motifs is 2. The first-order valence-corrected chi connectivity index (χ1v) is 12.1. The summed E-state index contributed by atoms with van der Waals surface area (Å²) in [7, 11) is 0. The number of Topliss-reactive ketones (excluding diaryl/α,β-unsaturated/α-hetero) is 1. The average molecular weight is 485 g/mol. The fourth-order valence-corrected chi connectivity index (χ4v) is 5.05. The van der Waals surface area contributed by atoms with Gasteiger partial charge in [0.05, 0.1) is 11.7 Å². The lowest BCUT2D eigenvalue weighted by Gasteiger charge is -2.11. The topological polar surface area (TPSA) is 95.3 Å². The Kier molecular flexibility index (Phi) is 5.26. The van der Waals surface area contributed by atoms with E-state index in [-0.39, 0.29) is 30.2 Å². The number of rotatable bonds is 6. The van der Waals surface area contributed by atoms with Crippen molar-refractivity contribution in [3.05, 3.63) is 77.9 Å². The van der Waals surface area contributed by atoms with E-state index in [1.54, 1.807) is 18.2 Å². The number of carbonyl (C=O) groups is 2. The number of hydrogen-bond donors (Lipinski definition) is 1. The number of nitrogens with one attached hydrogen (secondary N) is 1. The Morgan fingerprint density at radius 2 is 1.89 bits per heavy atom. The zero-order chi connectivity index (χ0) is 23.9. The maximum absolute atomic E-state index is 13.0. The molecule has 8 nitrogen and oxygen atoms in total. The summed E-state index contributed by atoms with van der Waals surface area (Å²) in [6.45, 7) is 2.03. The van der Waals surface area contributed by atoms with E-state index in [1.165, 1.54) is 11.8 Å². The number of para-hydroxylation sites is 1. The van der Waals surface area contributed by atoms with Crippen LogP contribution >= 0.6 is 11.8 Å². The van der Waals surface area contributed by atoms with Gasteiger partial charge in [-0.15, -0.1) is 10.2 Å². The highest BCUT2D eigenvalue weighted by Crippen LogP contribution is 2.37. The summed E-state index contributed by atoms with van der Waals surface area (Å²) in [5, 5.41) is 12.3. The van der Waals surface area contributed by atoms with Crippen LogP contribution in [0.5, 0.6) is 11.5 Å². The van der Waals surface area contributed by atoms with E-state index in [1.807, 2.05) is 60.0 Å². The van der Waals surface area contributed by atoms with E-state index in [2.05, 4.69) is 15.5 Å². The molecule has 0 spiro atoms. The molecule has 1 amide bonds. The molecular weight excluding hydrogens is 464 g/mol. The number of anilines is 1. The van der Waals surface area contributed by atoms with Crippen LogP contribution in [0.1, 0.15) is 28.8 Å². The van der Waals surface area contributed by atoms with Gasteiger partial charge in [-0.2, -0.15) is 0 Å². The molecular formula is C26H20N4O4S. The van der Waals surface area contributed by atoms with Crippen LogP contribution in [0.2, 0.25) is 0 Å². The molecule has 0 fully saturated rings. The van der Waals surface area contributed by atoms with E-state index in [0.29, 0.717) is 28.0 Å². The van der Waals surface area contributed by atoms with Crippen molar-refractivity contribution >= 4 is 29.1 Å². The highest BCUT2D eigenvalue weighted by atomic mass is 32.2. The minimum Gasteiger partial charge on any atom is -0.454 e. The van der Waals surface area contributed by atoms with Crippen molar-refractivity contribution in [2.24, 2.45) is 0 Å². The van der Waals surface area contributed by atoms with Gasteiger partial charge in [0.15, 0.2) is 28.3 Å². The lowest BCUT2D eigenvalue weighted by atomic mass is 9.99. The Labute approximate surface area is 205 Å². The maximum Gasteiger partial charge on any atom is 0.231 e. The van der Waals surface area contributed by atoms with Crippen molar-refractivity contribution in [3.8, 4) is 28.6 Å². The SMILES string of the molecule is CC1C(=O)Nc2ccc(C(=O)CSc3nnc(-c4ccc5c(c4)OCO5)n3-c3ccccc3)cc21. The number of amides is 1. The molecule has 0 radical (unpaired) electrons. The van der Waals surface area contributed by atoms with Crippen LogP contribution in [0.15, 0.2) is 71.9 Å². The Morgan fingerprint density at radius 3 is 2.74 bits per heavy atom. The number of hydrogen-bond acceptors (Lipinski definition) is 7. The lowest BCUT2D eigenvalue weighted by molar-refractivity contribution is -0.116. The Hall–Kier alpha value is -4.11. The quantitative estimate of drug-likeness (QED) is 0.313. The number of ketones is 1. The molecule has 6 rings (SSSR count). The Bertz CT molecular complexity index is 1470. The first-order chi connectivity index (χ1) is 17.1. The predicted molar refractivity (Wildman–Crippen MR) is 131 cm³/mol. The Balaban J connectivity index is 1.30. The van der Waals surface area contributed by atoms with E-state index >= 15 is 0 Å². The zero-order valence-electron chi connectivity index (χ0n) is 18.7. The summed E-state index contributed by atoms with van der Waals surface area (Å²) < 4.78 is 12.9. The van der Waals surface area contributed by atoms with Gasteiger partial charge in [0.25, 0.3) is 0 Å². The molecule has 1 N–H and O–H groups in total. The summed E-state index contributed by atoms with van der Waals surface area (Å²) in [6.07, 6.45) is 0. The van der Waals surface area contributed by atoms with Crippen LogP contribution in [0.4, 0.5) is 5.69 Å². The van der Waals surface area contributed by atoms with Crippen molar-refractivity contribution in [2.75, 3.05) is 17.9 Å². The van der Waals surface area contributed by atoms with Crippen LogP contribution < -0.4 is 14.8 Å². The summed E-state index contributed by atoms with van der Waals surface area (Å²) in [4.78, 5) is 25.0. The third-order valence-corrected chi connectivity index (χ3v) is 7.03. The van der Waals surface area contributed by atoms with Gasteiger partial charge in [0.1, 0.15) is 0 Å². The smallest absolute Gasteiger partial charge is 0.231 e. The van der Waals surface area contributed by atoms with Gasteiger partial charge in [-0.25, -0.2) is 0 Å². The first kappa shape index (κ1) is 21.4. The largest absolute Gasteiger partial charge is 0.454 e. The number of aromatic nitrogens is 3. The second-order valence-electron chi connectivity index (χ2n) is 8.27. The summed E-state index contributed by atoms with van der Waals surface area (Å²) in [5.41, 5.74) is 3.90. The van der Waals surface area contributed by atoms with Crippen LogP contribution in [0.3, 0.4) is 0 Å². The molecule has 0 aliphatic carbocycles. The number of ether oxygens (including phenoxy) is 2. The number of thioether (sulfide) groups is 1. The van der Waals surface area contributed by atoms with Crippen LogP contribution in [-0.4, -0.2) is 39.0 Å². The fourth-order valence-electron chi connectivity index (χ4n) is 4.20. The van der Waals surface area contributed by atoms with Gasteiger partial charge in [0, 0.05) is 22.5 Å².